The molecular weight excluding hydrogens is 933 g/mol. The van der Waals surface area contributed by atoms with Gasteiger partial charge in [0.2, 0.25) is 11.8 Å². The summed E-state index contributed by atoms with van der Waals surface area (Å²) < 4.78 is 14.8. The number of para-hydroxylation sites is 2. The highest BCUT2D eigenvalue weighted by molar-refractivity contribution is 5.81. The normalized spacial score (nSPS) is 22.7. The molecule has 6 heterocycles. The van der Waals surface area contributed by atoms with E-state index in [1.165, 1.54) is 0 Å². The monoisotopic (exact) mass is 998 g/mol. The number of aliphatic hydroxyl groups is 2. The Morgan fingerprint density at radius 3 is 1.30 bits per heavy atom. The van der Waals surface area contributed by atoms with Crippen LogP contribution in [-0.2, 0) is 48.9 Å². The summed E-state index contributed by atoms with van der Waals surface area (Å²) in [7, 11) is 3.30. The van der Waals surface area contributed by atoms with E-state index >= 15 is 0 Å². The van der Waals surface area contributed by atoms with Crippen LogP contribution in [0, 0.1) is 23.7 Å². The van der Waals surface area contributed by atoms with Crippen LogP contribution >= 0.6 is 0 Å². The van der Waals surface area contributed by atoms with Crippen molar-refractivity contribution in [2.24, 2.45) is 23.7 Å². The Balaban J connectivity index is 0.000000182. The van der Waals surface area contributed by atoms with Gasteiger partial charge >= 0.3 is 0 Å². The lowest BCUT2D eigenvalue weighted by molar-refractivity contribution is -0.128. The van der Waals surface area contributed by atoms with Crippen LogP contribution in [0.1, 0.15) is 70.7 Å². The van der Waals surface area contributed by atoms with Crippen LogP contribution in [-0.4, -0.2) is 80.5 Å². The Kier molecular flexibility index (Phi) is 16.2. The van der Waals surface area contributed by atoms with Crippen molar-refractivity contribution in [1.82, 2.24) is 29.6 Å². The minimum atomic E-state index is -0.505. The number of carbonyl (C=O) groups is 2. The molecule has 0 radical (unpaired) electrons. The van der Waals surface area contributed by atoms with Gasteiger partial charge in [-0.2, -0.15) is 0 Å². The van der Waals surface area contributed by atoms with Gasteiger partial charge in [0.1, 0.15) is 11.5 Å². The maximum absolute atomic E-state index is 13.7. The van der Waals surface area contributed by atoms with Crippen molar-refractivity contribution in [3.05, 3.63) is 211 Å². The highest BCUT2D eigenvalue weighted by Crippen LogP contribution is 2.51. The quantitative estimate of drug-likeness (QED) is 0.0816. The maximum Gasteiger partial charge on any atom is 0.258 e. The number of aromatic nitrogens is 2. The fraction of sp³-hybridized carbons (Fsp3) is 0.333. The van der Waals surface area contributed by atoms with Gasteiger partial charge in [-0.05, 0) is 61.4 Å². The lowest BCUT2D eigenvalue weighted by Crippen LogP contribution is -2.46. The van der Waals surface area contributed by atoms with Gasteiger partial charge in [0, 0.05) is 110 Å². The topological polar surface area (TPSA) is 168 Å². The Bertz CT molecular complexity index is 2910. The number of methoxy groups -OCH3 is 2. The summed E-state index contributed by atoms with van der Waals surface area (Å²) >= 11 is 0. The number of rotatable bonds is 16. The van der Waals surface area contributed by atoms with Gasteiger partial charge in [-0.3, -0.25) is 29.0 Å². The Hall–Kier alpha value is -7.36. The molecule has 4 bridgehead atoms. The van der Waals surface area contributed by atoms with Crippen molar-refractivity contribution >= 4 is 24.0 Å². The number of aliphatic hydroxyl groups excluding tert-OH is 2. The number of nitrogens with one attached hydrogen (secondary N) is 2. The van der Waals surface area contributed by atoms with E-state index in [9.17, 15) is 29.4 Å². The van der Waals surface area contributed by atoms with Crippen LogP contribution in [0.3, 0.4) is 0 Å². The van der Waals surface area contributed by atoms with Crippen LogP contribution in [0.5, 0.6) is 11.5 Å². The second-order valence-electron chi connectivity index (χ2n) is 19.4. The van der Waals surface area contributed by atoms with Gasteiger partial charge in [0.25, 0.3) is 11.1 Å². The molecule has 2 amide bonds. The molecule has 14 nitrogen and oxygen atoms in total. The van der Waals surface area contributed by atoms with Crippen molar-refractivity contribution < 1.29 is 29.3 Å². The predicted molar refractivity (Wildman–Crippen MR) is 286 cm³/mol. The highest BCUT2D eigenvalue weighted by atomic mass is 16.5. The van der Waals surface area contributed by atoms with Crippen LogP contribution in [0.15, 0.2) is 155 Å². The standard InChI is InChI=1S/2C30H33N3O4/c2*1-3-9-21-14-15-24-28-27(29(35)31-16-20-10-5-4-6-11-20)23(19-34)25(18-33(24)30(21)36)32(28)17-22-12-7-8-13-26(22)37-2/h2*3-15,23,25,27-28,34H,16-19H2,1-2H3,(H,31,35)/b9-3+;9-3-/t2*23-,25-,27+,28+/m00/s1. The lowest BCUT2D eigenvalue weighted by Gasteiger charge is -2.38. The van der Waals surface area contributed by atoms with Gasteiger partial charge < -0.3 is 39.5 Å². The van der Waals surface area contributed by atoms with Gasteiger partial charge in [0.15, 0.2) is 0 Å². The zero-order valence-corrected chi connectivity index (χ0v) is 42.4. The first-order valence-electron chi connectivity index (χ1n) is 25.5. The van der Waals surface area contributed by atoms with E-state index < -0.39 is 11.8 Å². The van der Waals surface area contributed by atoms with E-state index in [0.717, 1.165) is 45.1 Å². The minimum absolute atomic E-state index is 0.0652. The summed E-state index contributed by atoms with van der Waals surface area (Å²) in [5.41, 5.74) is 6.75. The molecule has 4 aliphatic heterocycles. The van der Waals surface area contributed by atoms with Crippen molar-refractivity contribution in [1.29, 1.82) is 0 Å². The van der Waals surface area contributed by atoms with Gasteiger partial charge in [0.05, 0.1) is 38.1 Å². The molecule has 4 N–H and O–H groups in total. The lowest BCUT2D eigenvalue weighted by atomic mass is 9.86. The van der Waals surface area contributed by atoms with Crippen LogP contribution in [0.4, 0.5) is 0 Å². The number of allylic oxidation sites excluding steroid dienone is 2. The first kappa shape index (κ1) is 51.5. The molecule has 0 spiro atoms. The molecule has 8 atom stereocenters. The van der Waals surface area contributed by atoms with E-state index in [4.69, 9.17) is 9.47 Å². The molecule has 2 fully saturated rings. The molecule has 14 heteroatoms. The molecule has 384 valence electrons. The average molecular weight is 999 g/mol. The highest BCUT2D eigenvalue weighted by Gasteiger charge is 2.57. The summed E-state index contributed by atoms with van der Waals surface area (Å²) in [6.45, 7) is 6.23. The summed E-state index contributed by atoms with van der Waals surface area (Å²) in [5.74, 6) is -0.321. The molecule has 74 heavy (non-hydrogen) atoms. The summed E-state index contributed by atoms with van der Waals surface area (Å²) in [5, 5.41) is 27.3. The van der Waals surface area contributed by atoms with Crippen LogP contribution in [0.2, 0.25) is 0 Å². The Labute approximate surface area is 432 Å². The number of carbonyl (C=O) groups excluding carboxylic acids is 2. The van der Waals surface area contributed by atoms with E-state index in [-0.39, 0.29) is 72.1 Å². The van der Waals surface area contributed by atoms with Gasteiger partial charge in [-0.25, -0.2) is 0 Å². The number of ether oxygens (including phenoxy) is 2. The second-order valence-corrected chi connectivity index (χ2v) is 19.4. The summed E-state index contributed by atoms with van der Waals surface area (Å²) in [6.07, 6.45) is 7.33. The predicted octanol–water partition coefficient (Wildman–Crippen LogP) is 6.74. The molecule has 4 aromatic carbocycles. The van der Waals surface area contributed by atoms with Gasteiger partial charge in [-0.15, -0.1) is 0 Å². The summed E-state index contributed by atoms with van der Waals surface area (Å²) in [6, 6.07) is 41.8. The van der Waals surface area contributed by atoms with E-state index in [1.807, 2.05) is 172 Å². The fourth-order valence-corrected chi connectivity index (χ4v) is 12.0. The third kappa shape index (κ3) is 10.1. The van der Waals surface area contributed by atoms with Crippen LogP contribution in [0.25, 0.3) is 12.2 Å². The molecule has 2 saturated heterocycles. The largest absolute Gasteiger partial charge is 0.496 e. The average Bonchev–Trinajstić information content (AvgIpc) is 3.78. The van der Waals surface area contributed by atoms with Gasteiger partial charge in [-0.1, -0.05) is 121 Å². The molecule has 4 aliphatic rings. The SMILES string of the molecule is C/C=C/c1ccc2n(c1=O)C[C@H]1[C@H](CO)[C@@H](C(=O)NCc3ccccc3)[C@@H]2N1Cc1ccccc1OC.C/C=C\c1ccc2n(c1=O)C[C@H]1[C@H](CO)[C@@H](C(=O)NCc3ccccc3)[C@@H]2N1Cc1ccccc1OC. The fourth-order valence-electron chi connectivity index (χ4n) is 12.0. The molecule has 0 unspecified atom stereocenters. The maximum atomic E-state index is 13.7. The van der Waals surface area contributed by atoms with Crippen molar-refractivity contribution in [2.75, 3.05) is 27.4 Å². The van der Waals surface area contributed by atoms with E-state index in [2.05, 4.69) is 20.4 Å². The number of hydrogen-bond donors (Lipinski definition) is 4. The van der Waals surface area contributed by atoms with E-state index in [0.29, 0.717) is 50.4 Å². The summed E-state index contributed by atoms with van der Waals surface area (Å²) in [4.78, 5) is 58.8. The number of amides is 2. The number of pyridine rings is 2. The second kappa shape index (κ2) is 23.2. The van der Waals surface area contributed by atoms with E-state index in [1.54, 1.807) is 23.4 Å². The third-order valence-electron chi connectivity index (χ3n) is 15.4. The molecular formula is C60H66N6O8. The minimum Gasteiger partial charge on any atom is -0.496 e. The van der Waals surface area contributed by atoms with Crippen LogP contribution < -0.4 is 31.2 Å². The Morgan fingerprint density at radius 1 is 0.554 bits per heavy atom. The molecule has 2 aromatic heterocycles. The molecule has 6 aromatic rings. The number of hydrogen-bond acceptors (Lipinski definition) is 10. The molecule has 0 aliphatic carbocycles. The Morgan fingerprint density at radius 2 is 0.932 bits per heavy atom. The van der Waals surface area contributed by atoms with Crippen molar-refractivity contribution in [3.8, 4) is 11.5 Å². The number of nitrogens with zero attached hydrogens (tertiary/aromatic N) is 4. The molecule has 10 rings (SSSR count). The number of fused-ring (bicyclic) bond motifs is 8. The van der Waals surface area contributed by atoms with Crippen molar-refractivity contribution in [3.63, 3.8) is 0 Å². The zero-order chi connectivity index (χ0) is 51.9. The third-order valence-corrected chi connectivity index (χ3v) is 15.4. The van der Waals surface area contributed by atoms with Crippen molar-refractivity contribution in [2.45, 2.75) is 77.3 Å². The number of benzene rings is 4. The zero-order valence-electron chi connectivity index (χ0n) is 42.4. The molecule has 0 saturated carbocycles. The first-order valence-corrected chi connectivity index (χ1v) is 25.5. The smallest absolute Gasteiger partial charge is 0.258 e. The first-order chi connectivity index (χ1) is 36.1.